The molecule has 3 unspecified atom stereocenters. The van der Waals surface area contributed by atoms with Crippen LogP contribution in [-0.4, -0.2) is 29.5 Å². The molecule has 114 valence electrons. The Labute approximate surface area is 116 Å². The molecule has 0 aromatic carbocycles. The molecule has 0 saturated heterocycles. The molecule has 2 N–H and O–H groups in total. The maximum atomic E-state index is 12.3. The largest absolute Gasteiger partial charge is 0.480 e. The third-order valence-electron chi connectivity index (χ3n) is 4.46. The maximum absolute atomic E-state index is 12.3. The fourth-order valence-corrected chi connectivity index (χ4v) is 3.28. The van der Waals surface area contributed by atoms with Gasteiger partial charge in [-0.3, -0.25) is 4.79 Å². The number of carboxylic acids is 1. The van der Waals surface area contributed by atoms with E-state index in [1.807, 2.05) is 0 Å². The van der Waals surface area contributed by atoms with Crippen LogP contribution in [0, 0.1) is 17.8 Å². The van der Waals surface area contributed by atoms with Gasteiger partial charge in [0, 0.05) is 12.3 Å². The number of hydrogen-bond donors (Lipinski definition) is 2. The van der Waals surface area contributed by atoms with E-state index in [0.717, 1.165) is 19.3 Å². The first-order valence-corrected chi connectivity index (χ1v) is 7.30. The lowest BCUT2D eigenvalue weighted by molar-refractivity contribution is -0.143. The Morgan fingerprint density at radius 1 is 1.20 bits per heavy atom. The van der Waals surface area contributed by atoms with Crippen molar-refractivity contribution in [2.75, 3.05) is 0 Å². The number of carbonyl (C=O) groups is 2. The van der Waals surface area contributed by atoms with E-state index >= 15 is 0 Å². The number of rotatable bonds is 6. The summed E-state index contributed by atoms with van der Waals surface area (Å²) in [6.07, 6.45) is 3.11. The molecule has 0 aromatic heterocycles. The number of aliphatic carboxylic acids is 1. The average molecular weight is 289 g/mol. The second kappa shape index (κ2) is 6.50. The number of carboxylic acid groups (broad SMARTS) is 1. The van der Waals surface area contributed by atoms with Crippen LogP contribution < -0.4 is 5.32 Å². The molecule has 4 nitrogen and oxygen atoms in total. The summed E-state index contributed by atoms with van der Waals surface area (Å²) in [6, 6.07) is -1.48. The van der Waals surface area contributed by atoms with E-state index in [9.17, 15) is 18.4 Å². The zero-order valence-corrected chi connectivity index (χ0v) is 11.4. The van der Waals surface area contributed by atoms with E-state index in [2.05, 4.69) is 5.32 Å². The number of halogens is 2. The Morgan fingerprint density at radius 2 is 1.85 bits per heavy atom. The lowest BCUT2D eigenvalue weighted by atomic mass is 9.85. The van der Waals surface area contributed by atoms with Gasteiger partial charge < -0.3 is 10.4 Å². The van der Waals surface area contributed by atoms with Crippen LogP contribution in [0.5, 0.6) is 0 Å². The molecule has 6 heteroatoms. The molecule has 0 aliphatic heterocycles. The molecule has 0 spiro atoms. The average Bonchev–Trinajstić information content (AvgIpc) is 3.18. The lowest BCUT2D eigenvalue weighted by Gasteiger charge is -2.21. The molecular formula is C14H21F2NO3. The molecule has 2 aliphatic carbocycles. The van der Waals surface area contributed by atoms with Crippen molar-refractivity contribution in [1.29, 1.82) is 0 Å². The minimum Gasteiger partial charge on any atom is -0.480 e. The summed E-state index contributed by atoms with van der Waals surface area (Å²) in [4.78, 5) is 22.8. The van der Waals surface area contributed by atoms with Gasteiger partial charge in [0.25, 0.3) is 0 Å². The summed E-state index contributed by atoms with van der Waals surface area (Å²) < 4.78 is 24.5. The fourth-order valence-electron chi connectivity index (χ4n) is 3.28. The van der Waals surface area contributed by atoms with Crippen LogP contribution in [0.2, 0.25) is 0 Å². The molecule has 0 bridgehead atoms. The van der Waals surface area contributed by atoms with Crippen molar-refractivity contribution in [2.24, 2.45) is 17.8 Å². The zero-order chi connectivity index (χ0) is 14.7. The van der Waals surface area contributed by atoms with Crippen molar-refractivity contribution in [2.45, 2.75) is 57.4 Å². The van der Waals surface area contributed by atoms with Gasteiger partial charge >= 0.3 is 5.97 Å². The van der Waals surface area contributed by atoms with Crippen LogP contribution in [0.1, 0.15) is 44.9 Å². The Bertz CT molecular complexity index is 369. The molecule has 0 radical (unpaired) electrons. The monoisotopic (exact) mass is 289 g/mol. The van der Waals surface area contributed by atoms with Gasteiger partial charge in [-0.15, -0.1) is 0 Å². The predicted molar refractivity (Wildman–Crippen MR) is 68.4 cm³/mol. The molecular weight excluding hydrogens is 268 g/mol. The molecule has 2 fully saturated rings. The van der Waals surface area contributed by atoms with Gasteiger partial charge in [0.1, 0.15) is 6.04 Å². The number of nitrogens with one attached hydrogen (secondary N) is 1. The SMILES string of the molecule is O=C(O)C(CC(F)F)NC(=O)C1CC1C1CCCCC1. The first-order valence-electron chi connectivity index (χ1n) is 7.30. The first kappa shape index (κ1) is 15.2. The number of amides is 1. The van der Waals surface area contributed by atoms with Crippen molar-refractivity contribution in [3.63, 3.8) is 0 Å². The van der Waals surface area contributed by atoms with Gasteiger partial charge in [-0.2, -0.15) is 0 Å². The molecule has 2 aliphatic rings. The molecule has 0 aromatic rings. The Morgan fingerprint density at radius 3 is 2.40 bits per heavy atom. The Kier molecular flexibility index (Phi) is 4.94. The third-order valence-corrected chi connectivity index (χ3v) is 4.46. The topological polar surface area (TPSA) is 66.4 Å². The van der Waals surface area contributed by atoms with Gasteiger partial charge in [-0.25, -0.2) is 13.6 Å². The van der Waals surface area contributed by atoms with Crippen molar-refractivity contribution >= 4 is 11.9 Å². The van der Waals surface area contributed by atoms with Gasteiger partial charge in [-0.05, 0) is 18.3 Å². The van der Waals surface area contributed by atoms with E-state index < -0.39 is 24.9 Å². The highest BCUT2D eigenvalue weighted by molar-refractivity contribution is 5.86. The highest BCUT2D eigenvalue weighted by atomic mass is 19.3. The quantitative estimate of drug-likeness (QED) is 0.789. The van der Waals surface area contributed by atoms with Crippen LogP contribution in [-0.2, 0) is 9.59 Å². The van der Waals surface area contributed by atoms with E-state index in [4.69, 9.17) is 5.11 Å². The normalized spacial score (nSPS) is 28.1. The Hall–Kier alpha value is -1.20. The molecule has 2 saturated carbocycles. The van der Waals surface area contributed by atoms with Crippen LogP contribution in [0.15, 0.2) is 0 Å². The van der Waals surface area contributed by atoms with Crippen molar-refractivity contribution in [1.82, 2.24) is 5.32 Å². The smallest absolute Gasteiger partial charge is 0.326 e. The molecule has 0 heterocycles. The minimum atomic E-state index is -2.73. The standard InChI is InChI=1S/C14H21F2NO3/c15-12(16)7-11(14(19)20)17-13(18)10-6-9(10)8-4-2-1-3-5-8/h8-12H,1-7H2,(H,17,18)(H,19,20). The van der Waals surface area contributed by atoms with Crippen molar-refractivity contribution in [3.8, 4) is 0 Å². The predicted octanol–water partition coefficient (Wildman–Crippen LogP) is 2.43. The van der Waals surface area contributed by atoms with E-state index in [0.29, 0.717) is 11.8 Å². The van der Waals surface area contributed by atoms with Crippen LogP contribution in [0.25, 0.3) is 0 Å². The molecule has 1 amide bonds. The summed E-state index contributed by atoms with van der Waals surface area (Å²) in [7, 11) is 0. The summed E-state index contributed by atoms with van der Waals surface area (Å²) in [6.45, 7) is 0. The van der Waals surface area contributed by atoms with Gasteiger partial charge in [0.05, 0.1) is 0 Å². The fraction of sp³-hybridized carbons (Fsp3) is 0.857. The van der Waals surface area contributed by atoms with E-state index in [1.165, 1.54) is 19.3 Å². The minimum absolute atomic E-state index is 0.169. The van der Waals surface area contributed by atoms with Gasteiger partial charge in [-0.1, -0.05) is 32.1 Å². The summed E-state index contributed by atoms with van der Waals surface area (Å²) in [5.41, 5.74) is 0. The highest BCUT2D eigenvalue weighted by Crippen LogP contribution is 2.49. The van der Waals surface area contributed by atoms with Gasteiger partial charge in [0.15, 0.2) is 0 Å². The van der Waals surface area contributed by atoms with Gasteiger partial charge in [0.2, 0.25) is 12.3 Å². The lowest BCUT2D eigenvalue weighted by Crippen LogP contribution is -2.43. The number of carbonyl (C=O) groups excluding carboxylic acids is 1. The number of alkyl halides is 2. The summed E-state index contributed by atoms with van der Waals surface area (Å²) in [5.74, 6) is -1.05. The molecule has 3 atom stereocenters. The van der Waals surface area contributed by atoms with E-state index in [1.54, 1.807) is 0 Å². The maximum Gasteiger partial charge on any atom is 0.326 e. The van der Waals surface area contributed by atoms with Crippen LogP contribution in [0.4, 0.5) is 8.78 Å². The summed E-state index contributed by atoms with van der Waals surface area (Å²) >= 11 is 0. The highest BCUT2D eigenvalue weighted by Gasteiger charge is 2.48. The zero-order valence-electron chi connectivity index (χ0n) is 11.4. The van der Waals surface area contributed by atoms with Crippen LogP contribution in [0.3, 0.4) is 0 Å². The summed E-state index contributed by atoms with van der Waals surface area (Å²) in [5, 5.41) is 11.1. The van der Waals surface area contributed by atoms with Crippen molar-refractivity contribution in [3.05, 3.63) is 0 Å². The second-order valence-corrected chi connectivity index (χ2v) is 5.93. The Balaban J connectivity index is 1.81. The molecule has 20 heavy (non-hydrogen) atoms. The van der Waals surface area contributed by atoms with Crippen LogP contribution >= 0.6 is 0 Å². The molecule has 2 rings (SSSR count). The third kappa shape index (κ3) is 3.90. The van der Waals surface area contributed by atoms with E-state index in [-0.39, 0.29) is 11.8 Å². The number of hydrogen-bond acceptors (Lipinski definition) is 2. The first-order chi connectivity index (χ1) is 9.49. The van der Waals surface area contributed by atoms with Crippen molar-refractivity contribution < 1.29 is 23.5 Å². The second-order valence-electron chi connectivity index (χ2n) is 5.93.